The number of ether oxygens (including phenoxy) is 1. The Bertz CT molecular complexity index is 484. The number of nitrogens with two attached hydrogens (primary N) is 1. The normalized spacial score (nSPS) is 24.8. The van der Waals surface area contributed by atoms with Crippen LogP contribution >= 0.6 is 11.3 Å². The summed E-state index contributed by atoms with van der Waals surface area (Å²) in [5, 5.41) is 3.49. The zero-order valence-electron chi connectivity index (χ0n) is 11.8. The lowest BCUT2D eigenvalue weighted by Gasteiger charge is -2.51. The topological polar surface area (TPSA) is 77.2 Å². The highest BCUT2D eigenvalue weighted by molar-refractivity contribution is 7.17. The maximum absolute atomic E-state index is 12.2. The minimum Gasteiger partial charge on any atom is -0.378 e. The fourth-order valence-corrected chi connectivity index (χ4v) is 3.20. The number of carbonyl (C=O) groups excluding carboxylic acids is 1. The quantitative estimate of drug-likeness (QED) is 0.885. The van der Waals surface area contributed by atoms with Crippen molar-refractivity contribution in [3.8, 4) is 0 Å². The predicted molar refractivity (Wildman–Crippen MR) is 76.3 cm³/mol. The van der Waals surface area contributed by atoms with Gasteiger partial charge in [-0.05, 0) is 20.3 Å². The van der Waals surface area contributed by atoms with Gasteiger partial charge in [0.05, 0.1) is 11.8 Å². The minimum absolute atomic E-state index is 0.0319. The van der Waals surface area contributed by atoms with E-state index in [0.29, 0.717) is 22.3 Å². The summed E-state index contributed by atoms with van der Waals surface area (Å²) >= 11 is 1.23. The molecule has 0 saturated heterocycles. The second-order valence-corrected chi connectivity index (χ2v) is 6.52. The van der Waals surface area contributed by atoms with Crippen LogP contribution in [0.2, 0.25) is 0 Å². The Hall–Kier alpha value is -1.14. The van der Waals surface area contributed by atoms with Crippen LogP contribution in [-0.2, 0) is 4.74 Å². The van der Waals surface area contributed by atoms with Gasteiger partial charge in [0.2, 0.25) is 0 Å². The van der Waals surface area contributed by atoms with Gasteiger partial charge in [-0.3, -0.25) is 4.79 Å². The predicted octanol–water partition coefficient (Wildman–Crippen LogP) is 1.97. The third-order valence-electron chi connectivity index (χ3n) is 3.87. The highest BCUT2D eigenvalue weighted by Gasteiger charge is 2.49. The first-order chi connectivity index (χ1) is 8.86. The number of nitrogens with one attached hydrogen (secondary N) is 1. The summed E-state index contributed by atoms with van der Waals surface area (Å²) in [6, 6.07) is 0.138. The van der Waals surface area contributed by atoms with Gasteiger partial charge < -0.3 is 15.8 Å². The highest BCUT2D eigenvalue weighted by Crippen LogP contribution is 2.43. The van der Waals surface area contributed by atoms with Gasteiger partial charge in [0.15, 0.2) is 5.13 Å². The number of nitrogen functional groups attached to an aromatic ring is 1. The number of amides is 1. The summed E-state index contributed by atoms with van der Waals surface area (Å²) in [7, 11) is 0. The summed E-state index contributed by atoms with van der Waals surface area (Å²) in [6.07, 6.45) is 1.08. The maximum Gasteiger partial charge on any atom is 0.263 e. The molecule has 1 aliphatic rings. The molecule has 0 aliphatic heterocycles. The Balaban J connectivity index is 2.00. The van der Waals surface area contributed by atoms with Gasteiger partial charge in [-0.25, -0.2) is 4.98 Å². The first kappa shape index (κ1) is 14.3. The zero-order chi connectivity index (χ0) is 14.2. The molecule has 1 fully saturated rings. The second kappa shape index (κ2) is 5.09. The van der Waals surface area contributed by atoms with E-state index in [4.69, 9.17) is 10.5 Å². The molecule has 2 unspecified atom stereocenters. The molecule has 19 heavy (non-hydrogen) atoms. The van der Waals surface area contributed by atoms with Crippen LogP contribution in [0.15, 0.2) is 0 Å². The average Bonchev–Trinajstić information content (AvgIpc) is 2.67. The van der Waals surface area contributed by atoms with Gasteiger partial charge in [-0.15, -0.1) is 0 Å². The summed E-state index contributed by atoms with van der Waals surface area (Å²) < 4.78 is 5.66. The standard InChI is InChI=1S/C13H21N3O2S/c1-5-18-9-6-8(13(9,3)4)16-11(17)10-7(2)15-12(14)19-10/h8-9H,5-6H2,1-4H3,(H2,14,15)(H,16,17). The number of rotatable bonds is 4. The van der Waals surface area contributed by atoms with E-state index in [9.17, 15) is 4.79 Å². The Morgan fingerprint density at radius 3 is 2.79 bits per heavy atom. The fourth-order valence-electron chi connectivity index (χ4n) is 2.47. The van der Waals surface area contributed by atoms with E-state index in [1.807, 2.05) is 6.92 Å². The molecule has 3 N–H and O–H groups in total. The van der Waals surface area contributed by atoms with Crippen molar-refractivity contribution >= 4 is 22.4 Å². The van der Waals surface area contributed by atoms with Gasteiger partial charge in [0, 0.05) is 18.1 Å². The van der Waals surface area contributed by atoms with Gasteiger partial charge in [-0.1, -0.05) is 25.2 Å². The van der Waals surface area contributed by atoms with E-state index in [2.05, 4.69) is 24.1 Å². The van der Waals surface area contributed by atoms with Gasteiger partial charge in [0.25, 0.3) is 5.91 Å². The Morgan fingerprint density at radius 1 is 1.63 bits per heavy atom. The molecular formula is C13H21N3O2S. The van der Waals surface area contributed by atoms with Crippen LogP contribution in [0, 0.1) is 12.3 Å². The lowest BCUT2D eigenvalue weighted by Crippen LogP contribution is -2.62. The van der Waals surface area contributed by atoms with E-state index in [1.54, 1.807) is 6.92 Å². The van der Waals surface area contributed by atoms with Crippen molar-refractivity contribution in [1.82, 2.24) is 10.3 Å². The number of aryl methyl sites for hydroxylation is 1. The van der Waals surface area contributed by atoms with Crippen molar-refractivity contribution < 1.29 is 9.53 Å². The number of hydrogen-bond donors (Lipinski definition) is 2. The Morgan fingerprint density at radius 2 is 2.32 bits per heavy atom. The molecular weight excluding hydrogens is 262 g/mol. The molecule has 0 aromatic carbocycles. The van der Waals surface area contributed by atoms with E-state index in [-0.39, 0.29) is 23.5 Å². The van der Waals surface area contributed by atoms with Crippen molar-refractivity contribution in [2.24, 2.45) is 5.41 Å². The first-order valence-electron chi connectivity index (χ1n) is 6.51. The maximum atomic E-state index is 12.2. The molecule has 2 atom stereocenters. The molecule has 1 heterocycles. The van der Waals surface area contributed by atoms with Crippen molar-refractivity contribution in [3.63, 3.8) is 0 Å². The van der Waals surface area contributed by atoms with E-state index >= 15 is 0 Å². The van der Waals surface area contributed by atoms with E-state index in [0.717, 1.165) is 6.42 Å². The summed E-state index contributed by atoms with van der Waals surface area (Å²) in [4.78, 5) is 16.9. The molecule has 1 saturated carbocycles. The van der Waals surface area contributed by atoms with Crippen LogP contribution < -0.4 is 11.1 Å². The smallest absolute Gasteiger partial charge is 0.263 e. The van der Waals surface area contributed by atoms with Crippen molar-refractivity contribution in [1.29, 1.82) is 0 Å². The summed E-state index contributed by atoms with van der Waals surface area (Å²) in [5.41, 5.74) is 6.28. The minimum atomic E-state index is -0.0836. The van der Waals surface area contributed by atoms with Gasteiger partial charge in [0.1, 0.15) is 4.88 Å². The summed E-state index contributed by atoms with van der Waals surface area (Å²) in [6.45, 7) is 8.74. The van der Waals surface area contributed by atoms with Crippen molar-refractivity contribution in [3.05, 3.63) is 10.6 Å². The van der Waals surface area contributed by atoms with Crippen LogP contribution in [0.25, 0.3) is 0 Å². The van der Waals surface area contributed by atoms with Crippen molar-refractivity contribution in [2.75, 3.05) is 12.3 Å². The third kappa shape index (κ3) is 2.60. The number of nitrogens with zero attached hydrogens (tertiary/aromatic N) is 1. The third-order valence-corrected chi connectivity index (χ3v) is 4.86. The zero-order valence-corrected chi connectivity index (χ0v) is 12.6. The average molecular weight is 283 g/mol. The highest BCUT2D eigenvalue weighted by atomic mass is 32.1. The molecule has 106 valence electrons. The molecule has 0 spiro atoms. The molecule has 0 bridgehead atoms. The van der Waals surface area contributed by atoms with E-state index < -0.39 is 0 Å². The molecule has 2 rings (SSSR count). The largest absolute Gasteiger partial charge is 0.378 e. The second-order valence-electron chi connectivity index (χ2n) is 5.49. The fraction of sp³-hybridized carbons (Fsp3) is 0.692. The van der Waals surface area contributed by atoms with Crippen molar-refractivity contribution in [2.45, 2.75) is 46.3 Å². The SMILES string of the molecule is CCOC1CC(NC(=O)c2sc(N)nc2C)C1(C)C. The molecule has 0 radical (unpaired) electrons. The van der Waals surface area contributed by atoms with Gasteiger partial charge in [-0.2, -0.15) is 0 Å². The number of anilines is 1. The molecule has 1 aromatic rings. The molecule has 5 nitrogen and oxygen atoms in total. The number of hydrogen-bond acceptors (Lipinski definition) is 5. The van der Waals surface area contributed by atoms with Gasteiger partial charge >= 0.3 is 0 Å². The molecule has 1 aliphatic carbocycles. The van der Waals surface area contributed by atoms with E-state index in [1.165, 1.54) is 11.3 Å². The van der Waals surface area contributed by atoms with Crippen LogP contribution in [0.4, 0.5) is 5.13 Å². The van der Waals surface area contributed by atoms with Crippen LogP contribution in [-0.4, -0.2) is 29.6 Å². The lowest BCUT2D eigenvalue weighted by atomic mass is 9.64. The molecule has 6 heteroatoms. The van der Waals surface area contributed by atoms with Crippen LogP contribution in [0.1, 0.15) is 42.6 Å². The van der Waals surface area contributed by atoms with Crippen LogP contribution in [0.3, 0.4) is 0 Å². The number of thiazole rings is 1. The number of aromatic nitrogens is 1. The Labute approximate surface area is 117 Å². The molecule has 1 amide bonds. The lowest BCUT2D eigenvalue weighted by molar-refractivity contribution is -0.111. The van der Waals surface area contributed by atoms with Crippen LogP contribution in [0.5, 0.6) is 0 Å². The molecule has 1 aromatic heterocycles. The monoisotopic (exact) mass is 283 g/mol. The summed E-state index contributed by atoms with van der Waals surface area (Å²) in [5.74, 6) is -0.0836. The Kier molecular flexibility index (Phi) is 3.82. The first-order valence-corrected chi connectivity index (χ1v) is 7.33. The number of carbonyl (C=O) groups is 1.